The van der Waals surface area contributed by atoms with E-state index in [1.54, 1.807) is 0 Å². The molecule has 0 aromatic carbocycles. The van der Waals surface area contributed by atoms with E-state index in [2.05, 4.69) is 33.5 Å². The summed E-state index contributed by atoms with van der Waals surface area (Å²) in [6, 6.07) is 0. The van der Waals surface area contributed by atoms with Gasteiger partial charge in [0.05, 0.1) is 0 Å². The van der Waals surface area contributed by atoms with E-state index < -0.39 is 0 Å². The lowest BCUT2D eigenvalue weighted by atomic mass is 10.1. The highest BCUT2D eigenvalue weighted by Gasteiger charge is 2.08. The largest absolute Gasteiger partial charge is 0.303 e. The molecule has 2 nitrogen and oxygen atoms in total. The molecule has 2 rings (SSSR count). The molecule has 22 heavy (non-hydrogen) atoms. The van der Waals surface area contributed by atoms with Gasteiger partial charge in [0.25, 0.3) is 0 Å². The average molecular weight is 300 g/mol. The highest BCUT2D eigenvalue weighted by atomic mass is 15.1. The molecular weight excluding hydrogens is 268 g/mol. The van der Waals surface area contributed by atoms with E-state index in [4.69, 9.17) is 0 Å². The van der Waals surface area contributed by atoms with Crippen LogP contribution in [-0.4, -0.2) is 49.1 Å². The molecule has 0 amide bonds. The monoisotopic (exact) mass is 300 g/mol. The molecule has 0 aromatic heterocycles. The Balaban J connectivity index is 1.96. The minimum absolute atomic E-state index is 1.07. The zero-order chi connectivity index (χ0) is 15.3. The van der Waals surface area contributed by atoms with E-state index in [0.717, 1.165) is 25.7 Å². The molecule has 2 heterocycles. The molecule has 0 radical (unpaired) electrons. The van der Waals surface area contributed by atoms with Gasteiger partial charge < -0.3 is 9.80 Å². The Labute approximate surface area is 137 Å². The van der Waals surface area contributed by atoms with Gasteiger partial charge >= 0.3 is 0 Å². The predicted octanol–water partition coefficient (Wildman–Crippen LogP) is 3.53. The van der Waals surface area contributed by atoms with Crippen molar-refractivity contribution >= 4 is 0 Å². The number of nitrogens with zero attached hydrogens (tertiary/aromatic N) is 2. The van der Waals surface area contributed by atoms with Crippen molar-refractivity contribution in [3.8, 4) is 23.7 Å². The molecule has 0 atom stereocenters. The first kappa shape index (κ1) is 17.4. The van der Waals surface area contributed by atoms with Gasteiger partial charge in [-0.15, -0.1) is 23.7 Å². The summed E-state index contributed by atoms with van der Waals surface area (Å²) in [6.07, 6.45) is 11.9. The van der Waals surface area contributed by atoms with Gasteiger partial charge in [-0.2, -0.15) is 0 Å². The molecule has 0 unspecified atom stereocenters. The van der Waals surface area contributed by atoms with Gasteiger partial charge in [0.2, 0.25) is 0 Å². The van der Waals surface area contributed by atoms with Gasteiger partial charge in [-0.05, 0) is 77.8 Å². The summed E-state index contributed by atoms with van der Waals surface area (Å²) in [5, 5.41) is 0. The fourth-order valence-corrected chi connectivity index (χ4v) is 3.26. The molecule has 0 aliphatic carbocycles. The maximum absolute atomic E-state index is 3.37. The van der Waals surface area contributed by atoms with Crippen LogP contribution < -0.4 is 0 Å². The van der Waals surface area contributed by atoms with Crippen LogP contribution in [-0.2, 0) is 0 Å². The quantitative estimate of drug-likeness (QED) is 0.632. The van der Waals surface area contributed by atoms with E-state index in [-0.39, 0.29) is 0 Å². The second-order valence-corrected chi connectivity index (χ2v) is 6.51. The van der Waals surface area contributed by atoms with Crippen molar-refractivity contribution in [2.45, 2.75) is 64.2 Å². The zero-order valence-electron chi connectivity index (χ0n) is 14.2. The van der Waals surface area contributed by atoms with Crippen molar-refractivity contribution in [1.82, 2.24) is 9.80 Å². The molecular formula is C20H32N2. The lowest BCUT2D eigenvalue weighted by Crippen LogP contribution is -2.30. The first-order valence-electron chi connectivity index (χ1n) is 9.31. The third-order valence-electron chi connectivity index (χ3n) is 4.55. The van der Waals surface area contributed by atoms with E-state index >= 15 is 0 Å². The molecule has 2 heteroatoms. The lowest BCUT2D eigenvalue weighted by molar-refractivity contribution is 0.236. The molecule has 0 N–H and O–H groups in total. The van der Waals surface area contributed by atoms with Crippen LogP contribution in [0, 0.1) is 23.7 Å². The minimum atomic E-state index is 1.07. The van der Waals surface area contributed by atoms with E-state index in [1.165, 1.54) is 77.8 Å². The highest BCUT2D eigenvalue weighted by molar-refractivity contribution is 5.00. The topological polar surface area (TPSA) is 6.48 Å². The Kier molecular flexibility index (Phi) is 9.16. The maximum atomic E-state index is 3.37. The number of hydrogen-bond donors (Lipinski definition) is 0. The Morgan fingerprint density at radius 1 is 0.364 bits per heavy atom. The van der Waals surface area contributed by atoms with Crippen LogP contribution in [0.15, 0.2) is 0 Å². The third kappa shape index (κ3) is 7.88. The molecule has 0 fully saturated rings. The number of rotatable bonds is 0. The zero-order valence-corrected chi connectivity index (χ0v) is 14.2. The van der Waals surface area contributed by atoms with Crippen molar-refractivity contribution in [3.63, 3.8) is 0 Å². The maximum Gasteiger partial charge on any atom is 0.0101 e. The van der Waals surface area contributed by atoms with Crippen molar-refractivity contribution in [2.75, 3.05) is 39.3 Å². The summed E-state index contributed by atoms with van der Waals surface area (Å²) in [5.41, 5.74) is 0. The molecule has 0 aromatic rings. The van der Waals surface area contributed by atoms with E-state index in [0.29, 0.717) is 0 Å². The highest BCUT2D eigenvalue weighted by Crippen LogP contribution is 2.07. The lowest BCUT2D eigenvalue weighted by Gasteiger charge is -2.24. The van der Waals surface area contributed by atoms with Crippen LogP contribution in [0.1, 0.15) is 64.2 Å². The van der Waals surface area contributed by atoms with Crippen LogP contribution in [0.3, 0.4) is 0 Å². The molecule has 2 aliphatic rings. The van der Waals surface area contributed by atoms with Crippen LogP contribution in [0.25, 0.3) is 0 Å². The van der Waals surface area contributed by atoms with Crippen molar-refractivity contribution in [3.05, 3.63) is 0 Å². The summed E-state index contributed by atoms with van der Waals surface area (Å²) < 4.78 is 0. The first-order valence-corrected chi connectivity index (χ1v) is 9.31. The summed E-state index contributed by atoms with van der Waals surface area (Å²) in [7, 11) is 0. The smallest absolute Gasteiger partial charge is 0.0101 e. The molecule has 0 spiro atoms. The third-order valence-corrected chi connectivity index (χ3v) is 4.55. The number of hydrogen-bond acceptors (Lipinski definition) is 2. The predicted molar refractivity (Wildman–Crippen MR) is 94.6 cm³/mol. The van der Waals surface area contributed by atoms with Crippen LogP contribution in [0.4, 0.5) is 0 Å². The normalized spacial score (nSPS) is 28.7. The second kappa shape index (κ2) is 11.6. The van der Waals surface area contributed by atoms with Crippen LogP contribution >= 0.6 is 0 Å². The summed E-state index contributed by atoms with van der Waals surface area (Å²) in [5.74, 6) is 13.5. The molecule has 2 aliphatic heterocycles. The van der Waals surface area contributed by atoms with Gasteiger partial charge in [0.15, 0.2) is 0 Å². The fraction of sp³-hybridized carbons (Fsp3) is 0.800. The Bertz CT molecular complexity index is 339. The van der Waals surface area contributed by atoms with Crippen molar-refractivity contribution in [2.24, 2.45) is 0 Å². The molecule has 2 bridgehead atoms. The van der Waals surface area contributed by atoms with Gasteiger partial charge in [-0.25, -0.2) is 0 Å². The van der Waals surface area contributed by atoms with Gasteiger partial charge in [0.1, 0.15) is 0 Å². The first-order chi connectivity index (χ1) is 10.9. The molecule has 122 valence electrons. The molecule has 0 saturated carbocycles. The number of fused-ring (bicyclic) bond motifs is 5. The Hall–Kier alpha value is -0.960. The summed E-state index contributed by atoms with van der Waals surface area (Å²) in [6.45, 7) is 7.37. The Morgan fingerprint density at radius 3 is 0.955 bits per heavy atom. The van der Waals surface area contributed by atoms with Crippen LogP contribution in [0.2, 0.25) is 0 Å². The van der Waals surface area contributed by atoms with E-state index in [9.17, 15) is 0 Å². The standard InChI is InChI=1S/C20H32N2/c1-2-6-10-16-22-18-12-8-4-3-7-11-17-21(15-9-5-1)19-13-14-20-22/h5-20H2. The van der Waals surface area contributed by atoms with Gasteiger partial charge in [0, 0.05) is 25.7 Å². The van der Waals surface area contributed by atoms with Crippen LogP contribution in [0.5, 0.6) is 0 Å². The minimum Gasteiger partial charge on any atom is -0.303 e. The molecule has 0 saturated heterocycles. The van der Waals surface area contributed by atoms with Gasteiger partial charge in [-0.1, -0.05) is 0 Å². The van der Waals surface area contributed by atoms with Gasteiger partial charge in [-0.3, -0.25) is 0 Å². The van der Waals surface area contributed by atoms with Crippen molar-refractivity contribution in [1.29, 1.82) is 0 Å². The fourth-order valence-electron chi connectivity index (χ4n) is 3.26. The summed E-state index contributed by atoms with van der Waals surface area (Å²) >= 11 is 0. The average Bonchev–Trinajstić information content (AvgIpc) is 2.53. The Morgan fingerprint density at radius 2 is 0.636 bits per heavy atom. The summed E-state index contributed by atoms with van der Waals surface area (Å²) in [4.78, 5) is 5.29. The SMILES string of the molecule is C1#CCCCN2CCCC#CCCCN(CCC1)CCCC2. The van der Waals surface area contributed by atoms with E-state index in [1.807, 2.05) is 0 Å². The van der Waals surface area contributed by atoms with Crippen molar-refractivity contribution < 1.29 is 0 Å². The second-order valence-electron chi connectivity index (χ2n) is 6.51.